The molecule has 2 aromatic rings. The van der Waals surface area contributed by atoms with Gasteiger partial charge in [0.2, 0.25) is 0 Å². The zero-order valence-corrected chi connectivity index (χ0v) is 9.96. The van der Waals surface area contributed by atoms with Crippen LogP contribution in [0.5, 0.6) is 0 Å². The Kier molecular flexibility index (Phi) is 2.65. The Hall–Kier alpha value is -1.83. The first-order chi connectivity index (χ1) is 7.59. The number of fused-ring (bicyclic) bond motifs is 1. The zero-order chi connectivity index (χ0) is 11.7. The van der Waals surface area contributed by atoms with Gasteiger partial charge in [-0.2, -0.15) is 0 Å². The van der Waals surface area contributed by atoms with Crippen molar-refractivity contribution in [3.63, 3.8) is 0 Å². The normalized spacial score (nSPS) is 10.4. The SMILES string of the molecule is C=C(C)c1[nH]c2ccccc2c1N=C(C)C. The monoisotopic (exact) mass is 212 g/mol. The van der Waals surface area contributed by atoms with Crippen LogP contribution < -0.4 is 0 Å². The van der Waals surface area contributed by atoms with E-state index >= 15 is 0 Å². The van der Waals surface area contributed by atoms with E-state index in [0.29, 0.717) is 0 Å². The average Bonchev–Trinajstić information content (AvgIpc) is 2.57. The summed E-state index contributed by atoms with van der Waals surface area (Å²) in [5.41, 5.74) is 5.20. The van der Waals surface area contributed by atoms with E-state index in [-0.39, 0.29) is 0 Å². The summed E-state index contributed by atoms with van der Waals surface area (Å²) in [4.78, 5) is 7.96. The second kappa shape index (κ2) is 3.97. The van der Waals surface area contributed by atoms with Crippen molar-refractivity contribution in [2.24, 2.45) is 4.99 Å². The second-order valence-electron chi connectivity index (χ2n) is 4.23. The fraction of sp³-hybridized carbons (Fsp3) is 0.214. The van der Waals surface area contributed by atoms with Crippen LogP contribution in [0.1, 0.15) is 26.5 Å². The van der Waals surface area contributed by atoms with Gasteiger partial charge >= 0.3 is 0 Å². The Labute approximate surface area is 95.7 Å². The molecule has 0 amide bonds. The number of nitrogens with zero attached hydrogens (tertiary/aromatic N) is 1. The number of hydrogen-bond donors (Lipinski definition) is 1. The lowest BCUT2D eigenvalue weighted by molar-refractivity contribution is 1.36. The molecule has 1 heterocycles. The Morgan fingerprint density at radius 3 is 2.50 bits per heavy atom. The Balaban J connectivity index is 2.79. The number of allylic oxidation sites excluding steroid dienone is 1. The van der Waals surface area contributed by atoms with Gasteiger partial charge in [0.05, 0.1) is 11.4 Å². The van der Waals surface area contributed by atoms with Gasteiger partial charge in [0, 0.05) is 16.6 Å². The first-order valence-corrected chi connectivity index (χ1v) is 5.38. The van der Waals surface area contributed by atoms with Gasteiger partial charge in [-0.25, -0.2) is 0 Å². The van der Waals surface area contributed by atoms with E-state index in [4.69, 9.17) is 0 Å². The molecule has 2 heteroatoms. The van der Waals surface area contributed by atoms with E-state index in [9.17, 15) is 0 Å². The van der Waals surface area contributed by atoms with Crippen LogP contribution in [-0.4, -0.2) is 10.7 Å². The molecule has 0 saturated carbocycles. The van der Waals surface area contributed by atoms with Gasteiger partial charge < -0.3 is 4.98 Å². The van der Waals surface area contributed by atoms with Gasteiger partial charge in [-0.1, -0.05) is 24.8 Å². The largest absolute Gasteiger partial charge is 0.353 e. The number of aromatic nitrogens is 1. The minimum absolute atomic E-state index is 1.00. The number of hydrogen-bond acceptors (Lipinski definition) is 1. The molecule has 1 N–H and O–H groups in total. The van der Waals surface area contributed by atoms with Crippen LogP contribution in [0.4, 0.5) is 5.69 Å². The molecule has 0 fully saturated rings. The van der Waals surface area contributed by atoms with E-state index in [2.05, 4.69) is 28.7 Å². The van der Waals surface area contributed by atoms with Gasteiger partial charge in [0.15, 0.2) is 0 Å². The summed E-state index contributed by atoms with van der Waals surface area (Å²) >= 11 is 0. The first-order valence-electron chi connectivity index (χ1n) is 5.38. The van der Waals surface area contributed by atoms with Crippen LogP contribution in [0.3, 0.4) is 0 Å². The van der Waals surface area contributed by atoms with Crippen LogP contribution in [-0.2, 0) is 0 Å². The third kappa shape index (κ3) is 1.78. The summed E-state index contributed by atoms with van der Waals surface area (Å²) in [6.45, 7) is 9.99. The number of benzene rings is 1. The molecule has 0 aliphatic carbocycles. The van der Waals surface area contributed by atoms with Gasteiger partial charge in [-0.15, -0.1) is 0 Å². The van der Waals surface area contributed by atoms with E-state index in [0.717, 1.165) is 33.6 Å². The highest BCUT2D eigenvalue weighted by Gasteiger charge is 2.10. The lowest BCUT2D eigenvalue weighted by atomic mass is 10.1. The van der Waals surface area contributed by atoms with Crippen molar-refractivity contribution >= 4 is 27.9 Å². The lowest BCUT2D eigenvalue weighted by Crippen LogP contribution is -1.81. The molecule has 0 aliphatic heterocycles. The van der Waals surface area contributed by atoms with Crippen molar-refractivity contribution in [1.29, 1.82) is 0 Å². The number of nitrogens with one attached hydrogen (secondary N) is 1. The molecule has 0 saturated heterocycles. The Bertz CT molecular complexity index is 569. The van der Waals surface area contributed by atoms with Crippen LogP contribution in [0, 0.1) is 0 Å². The van der Waals surface area contributed by atoms with Crippen LogP contribution in [0.2, 0.25) is 0 Å². The van der Waals surface area contributed by atoms with Gasteiger partial charge in [-0.3, -0.25) is 4.99 Å². The fourth-order valence-corrected chi connectivity index (χ4v) is 1.78. The predicted octanol–water partition coefficient (Wildman–Crippen LogP) is 4.31. The first kappa shape index (κ1) is 10.7. The van der Waals surface area contributed by atoms with E-state index in [1.165, 1.54) is 0 Å². The summed E-state index contributed by atoms with van der Waals surface area (Å²) in [5, 5.41) is 1.15. The Morgan fingerprint density at radius 2 is 1.88 bits per heavy atom. The molecule has 16 heavy (non-hydrogen) atoms. The van der Waals surface area contributed by atoms with Crippen molar-refractivity contribution in [3.05, 3.63) is 36.5 Å². The minimum Gasteiger partial charge on any atom is -0.353 e. The number of aliphatic imine (C=N–C) groups is 1. The molecule has 82 valence electrons. The van der Waals surface area contributed by atoms with Crippen molar-refractivity contribution in [2.75, 3.05) is 0 Å². The fourth-order valence-electron chi connectivity index (χ4n) is 1.78. The minimum atomic E-state index is 1.00. The summed E-state index contributed by atoms with van der Waals surface area (Å²) in [6, 6.07) is 8.20. The lowest BCUT2D eigenvalue weighted by Gasteiger charge is -1.99. The molecule has 0 radical (unpaired) electrons. The van der Waals surface area contributed by atoms with E-state index in [1.807, 2.05) is 32.9 Å². The van der Waals surface area contributed by atoms with Crippen molar-refractivity contribution in [3.8, 4) is 0 Å². The highest BCUT2D eigenvalue weighted by atomic mass is 14.8. The molecule has 0 aliphatic rings. The number of aromatic amines is 1. The maximum absolute atomic E-state index is 4.59. The maximum Gasteiger partial charge on any atom is 0.0959 e. The highest BCUT2D eigenvalue weighted by Crippen LogP contribution is 2.33. The van der Waals surface area contributed by atoms with Crippen LogP contribution >= 0.6 is 0 Å². The van der Waals surface area contributed by atoms with Gasteiger partial charge in [-0.05, 0) is 32.4 Å². The zero-order valence-electron chi connectivity index (χ0n) is 9.96. The summed E-state index contributed by atoms with van der Waals surface area (Å²) in [7, 11) is 0. The predicted molar refractivity (Wildman–Crippen MR) is 71.4 cm³/mol. The molecule has 2 nitrogen and oxygen atoms in total. The van der Waals surface area contributed by atoms with Gasteiger partial charge in [0.25, 0.3) is 0 Å². The Morgan fingerprint density at radius 1 is 1.19 bits per heavy atom. The van der Waals surface area contributed by atoms with Crippen molar-refractivity contribution < 1.29 is 0 Å². The van der Waals surface area contributed by atoms with Crippen LogP contribution in [0.15, 0.2) is 35.8 Å². The molecule has 0 atom stereocenters. The summed E-state index contributed by atoms with van der Waals surface area (Å²) in [6.07, 6.45) is 0. The average molecular weight is 212 g/mol. The molecule has 1 aromatic heterocycles. The van der Waals surface area contributed by atoms with E-state index in [1.54, 1.807) is 0 Å². The maximum atomic E-state index is 4.59. The molecular weight excluding hydrogens is 196 g/mol. The molecule has 2 rings (SSSR count). The number of para-hydroxylation sites is 1. The highest BCUT2D eigenvalue weighted by molar-refractivity contribution is 5.99. The molecule has 1 aromatic carbocycles. The third-order valence-corrected chi connectivity index (χ3v) is 2.44. The third-order valence-electron chi connectivity index (χ3n) is 2.44. The van der Waals surface area contributed by atoms with Crippen LogP contribution in [0.25, 0.3) is 16.5 Å². The second-order valence-corrected chi connectivity index (χ2v) is 4.23. The molecule has 0 spiro atoms. The van der Waals surface area contributed by atoms with E-state index < -0.39 is 0 Å². The smallest absolute Gasteiger partial charge is 0.0959 e. The topological polar surface area (TPSA) is 28.1 Å². The van der Waals surface area contributed by atoms with Gasteiger partial charge in [0.1, 0.15) is 0 Å². The van der Waals surface area contributed by atoms with Crippen molar-refractivity contribution in [2.45, 2.75) is 20.8 Å². The molecular formula is C14H16N2. The quantitative estimate of drug-likeness (QED) is 0.718. The number of H-pyrrole nitrogens is 1. The number of rotatable bonds is 2. The van der Waals surface area contributed by atoms with Crippen molar-refractivity contribution in [1.82, 2.24) is 4.98 Å². The summed E-state index contributed by atoms with van der Waals surface area (Å²) in [5.74, 6) is 0. The molecule has 0 unspecified atom stereocenters. The summed E-state index contributed by atoms with van der Waals surface area (Å²) < 4.78 is 0. The standard InChI is InChI=1S/C14H16N2/c1-9(2)13-14(15-10(3)4)11-7-5-6-8-12(11)16-13/h5-8,16H,1H2,2-4H3. The molecule has 0 bridgehead atoms.